The molecule has 1 aromatic heterocycles. The molecule has 3 aliphatic heterocycles. The third-order valence-corrected chi connectivity index (χ3v) is 14.5. The number of likely N-dealkylation sites (N-methyl/N-ethyl adjacent to an activating group) is 1. The number of Topliss-reactive ketones (excluding diaryl/α,β-unsaturated/α-hetero) is 1. The van der Waals surface area contributed by atoms with Gasteiger partial charge in [-0.3, -0.25) is 14.7 Å². The molecule has 46 heavy (non-hydrogen) atoms. The van der Waals surface area contributed by atoms with Crippen molar-refractivity contribution in [3.63, 3.8) is 0 Å². The van der Waals surface area contributed by atoms with Crippen LogP contribution in [0.2, 0.25) is 0 Å². The van der Waals surface area contributed by atoms with Gasteiger partial charge in [0.05, 0.1) is 22.8 Å². The maximum Gasteiger partial charge on any atom is 0.335 e. The molecule has 8 heteroatoms. The first-order valence-corrected chi connectivity index (χ1v) is 17.8. The van der Waals surface area contributed by atoms with E-state index in [1.165, 1.54) is 5.57 Å². The van der Waals surface area contributed by atoms with Crippen molar-refractivity contribution >= 4 is 17.3 Å². The highest BCUT2D eigenvalue weighted by Gasteiger charge is 2.81. The third-order valence-electron chi connectivity index (χ3n) is 14.5. The van der Waals surface area contributed by atoms with E-state index in [4.69, 9.17) is 9.47 Å². The minimum absolute atomic E-state index is 0.0870. The topological polar surface area (TPSA) is 95.5 Å². The van der Waals surface area contributed by atoms with Gasteiger partial charge in [0.1, 0.15) is 17.8 Å². The van der Waals surface area contributed by atoms with Crippen LogP contribution in [0.25, 0.3) is 5.57 Å². The van der Waals surface area contributed by atoms with Crippen molar-refractivity contribution in [2.24, 2.45) is 40.4 Å². The molecule has 11 atom stereocenters. The van der Waals surface area contributed by atoms with E-state index in [0.29, 0.717) is 35.6 Å². The predicted octanol–water partition coefficient (Wildman–Crippen LogP) is 4.53. The standard InChI is InChI=1S/C38H51N3O5/c1-22-18-31(45-35(44)26(22)21-41-16-14-40(5)15-17-41)23(2)27-9-10-28-24-20-33-38(46-33)32(42)19-25(30-8-6-7-13-39-30)34(43)37(38,4)29(24)11-12-36(27,28)3/h6-8,13,19,23-24,27-29,31-33,42H,9-12,14-18,20-21H2,1-5H3/t23-,24-,27+,28-,29-,31+,32-,33+,36+,37-,38+/m0/s1. The second-order valence-electron chi connectivity index (χ2n) is 16.4. The van der Waals surface area contributed by atoms with Crippen LogP contribution >= 0.6 is 0 Å². The van der Waals surface area contributed by atoms with Gasteiger partial charge in [-0.2, -0.15) is 0 Å². The largest absolute Gasteiger partial charge is 0.458 e. The Morgan fingerprint density at radius 3 is 2.59 bits per heavy atom. The molecule has 1 spiro atoms. The molecule has 0 radical (unpaired) electrons. The summed E-state index contributed by atoms with van der Waals surface area (Å²) >= 11 is 0. The molecule has 8 nitrogen and oxygen atoms in total. The Hall–Kier alpha value is -2.39. The van der Waals surface area contributed by atoms with Crippen molar-refractivity contribution in [3.8, 4) is 0 Å². The fourth-order valence-electron chi connectivity index (χ4n) is 11.8. The Kier molecular flexibility index (Phi) is 7.26. The molecule has 1 aromatic rings. The summed E-state index contributed by atoms with van der Waals surface area (Å²) in [7, 11) is 2.15. The Morgan fingerprint density at radius 2 is 1.87 bits per heavy atom. The highest BCUT2D eigenvalue weighted by molar-refractivity contribution is 6.24. The molecule has 4 heterocycles. The molecule has 248 valence electrons. The van der Waals surface area contributed by atoms with Gasteiger partial charge in [0.25, 0.3) is 0 Å². The number of rotatable bonds is 5. The number of cyclic esters (lactones) is 1. The van der Waals surface area contributed by atoms with E-state index < -0.39 is 17.1 Å². The van der Waals surface area contributed by atoms with Crippen molar-refractivity contribution in [2.45, 2.75) is 90.1 Å². The molecule has 4 aliphatic carbocycles. The van der Waals surface area contributed by atoms with Gasteiger partial charge in [-0.25, -0.2) is 4.79 Å². The molecular weight excluding hydrogens is 578 g/mol. The third kappa shape index (κ3) is 4.28. The maximum absolute atomic E-state index is 14.5. The van der Waals surface area contributed by atoms with E-state index in [1.807, 2.05) is 18.2 Å². The predicted molar refractivity (Wildman–Crippen MR) is 174 cm³/mol. The quantitative estimate of drug-likeness (QED) is 0.375. The first kappa shape index (κ1) is 30.9. The molecule has 0 amide bonds. The lowest BCUT2D eigenvalue weighted by atomic mass is 9.43. The van der Waals surface area contributed by atoms with Gasteiger partial charge in [0.2, 0.25) is 0 Å². The summed E-state index contributed by atoms with van der Waals surface area (Å²) in [6, 6.07) is 5.62. The molecule has 0 bridgehead atoms. The van der Waals surface area contributed by atoms with Crippen LogP contribution in [-0.2, 0) is 19.1 Å². The lowest BCUT2D eigenvalue weighted by molar-refractivity contribution is -0.155. The summed E-state index contributed by atoms with van der Waals surface area (Å²) in [6.45, 7) is 13.8. The fourth-order valence-corrected chi connectivity index (χ4v) is 11.8. The average Bonchev–Trinajstić information content (AvgIpc) is 3.68. The number of aromatic nitrogens is 1. The zero-order chi connectivity index (χ0) is 32.2. The molecule has 0 unspecified atom stereocenters. The Morgan fingerprint density at radius 1 is 1.09 bits per heavy atom. The van der Waals surface area contributed by atoms with Crippen LogP contribution in [0, 0.1) is 40.4 Å². The Balaban J connectivity index is 1.02. The zero-order valence-corrected chi connectivity index (χ0v) is 28.2. The number of epoxide rings is 1. The number of pyridine rings is 1. The summed E-state index contributed by atoms with van der Waals surface area (Å²) in [4.78, 5) is 37.2. The minimum Gasteiger partial charge on any atom is -0.458 e. The number of aliphatic hydroxyl groups excluding tert-OH is 1. The number of ether oxygens (including phenoxy) is 2. The highest BCUT2D eigenvalue weighted by atomic mass is 16.6. The van der Waals surface area contributed by atoms with Crippen LogP contribution in [0.15, 0.2) is 41.6 Å². The molecule has 7 aliphatic rings. The smallest absolute Gasteiger partial charge is 0.335 e. The number of carbonyl (C=O) groups is 2. The number of carbonyl (C=O) groups excluding carboxylic acids is 2. The number of hydrogen-bond acceptors (Lipinski definition) is 8. The fraction of sp³-hybridized carbons (Fsp3) is 0.711. The summed E-state index contributed by atoms with van der Waals surface area (Å²) < 4.78 is 12.8. The van der Waals surface area contributed by atoms with Crippen molar-refractivity contribution in [1.82, 2.24) is 14.8 Å². The van der Waals surface area contributed by atoms with Crippen molar-refractivity contribution in [1.29, 1.82) is 0 Å². The molecule has 0 aromatic carbocycles. The van der Waals surface area contributed by atoms with Gasteiger partial charge < -0.3 is 19.5 Å². The zero-order valence-electron chi connectivity index (χ0n) is 28.2. The van der Waals surface area contributed by atoms with E-state index in [2.05, 4.69) is 49.5 Å². The van der Waals surface area contributed by atoms with Crippen LogP contribution in [0.3, 0.4) is 0 Å². The summed E-state index contributed by atoms with van der Waals surface area (Å²) in [5, 5.41) is 11.5. The normalized spacial score (nSPS) is 44.8. The SMILES string of the molecule is CC1=C(CN2CCN(C)CC2)C(=O)O[C@@H]([C@@H](C)[C@H]2CC[C@H]3[C@@H]4C[C@H]5O[C@]56[C@@H](O)C=C(c5ccccn5)C(=O)[C@]6(C)[C@H]4CC[C@]23C)C1. The number of allylic oxidation sites excluding steroid dienone is 1. The van der Waals surface area contributed by atoms with E-state index >= 15 is 0 Å². The van der Waals surface area contributed by atoms with E-state index in [0.717, 1.165) is 70.3 Å². The molecule has 5 fully saturated rings. The van der Waals surface area contributed by atoms with Crippen LogP contribution < -0.4 is 0 Å². The van der Waals surface area contributed by atoms with Crippen LogP contribution in [0.1, 0.15) is 71.9 Å². The first-order valence-electron chi connectivity index (χ1n) is 17.8. The van der Waals surface area contributed by atoms with Crippen LogP contribution in [-0.4, -0.2) is 95.3 Å². The van der Waals surface area contributed by atoms with Gasteiger partial charge in [-0.1, -0.05) is 25.5 Å². The molecule has 3 saturated carbocycles. The highest BCUT2D eigenvalue weighted by Crippen LogP contribution is 2.73. The van der Waals surface area contributed by atoms with Crippen molar-refractivity contribution in [2.75, 3.05) is 39.8 Å². The van der Waals surface area contributed by atoms with Crippen LogP contribution in [0.5, 0.6) is 0 Å². The number of piperazine rings is 1. The van der Waals surface area contributed by atoms with E-state index in [1.54, 1.807) is 12.3 Å². The summed E-state index contributed by atoms with van der Waals surface area (Å²) in [5.41, 5.74) is 1.76. The lowest BCUT2D eigenvalue weighted by Gasteiger charge is -2.58. The number of aliphatic hydroxyl groups is 1. The average molecular weight is 630 g/mol. The maximum atomic E-state index is 14.5. The number of nitrogens with zero attached hydrogens (tertiary/aromatic N) is 3. The number of ketones is 1. The molecule has 2 saturated heterocycles. The van der Waals surface area contributed by atoms with Gasteiger partial charge in [0, 0.05) is 50.9 Å². The monoisotopic (exact) mass is 629 g/mol. The number of fused-ring (bicyclic) bond motifs is 4. The summed E-state index contributed by atoms with van der Waals surface area (Å²) in [5.74, 6) is 1.70. The minimum atomic E-state index is -0.818. The van der Waals surface area contributed by atoms with Crippen LogP contribution in [0.4, 0.5) is 0 Å². The Labute approximate surface area is 273 Å². The first-order chi connectivity index (χ1) is 22.0. The summed E-state index contributed by atoms with van der Waals surface area (Å²) in [6.07, 6.45) is 8.40. The molecule has 8 rings (SSSR count). The van der Waals surface area contributed by atoms with Gasteiger partial charge in [-0.05, 0) is 106 Å². The molecular formula is C38H51N3O5. The van der Waals surface area contributed by atoms with Gasteiger partial charge in [-0.15, -0.1) is 0 Å². The van der Waals surface area contributed by atoms with Crippen molar-refractivity contribution in [3.05, 3.63) is 47.3 Å². The van der Waals surface area contributed by atoms with Gasteiger partial charge >= 0.3 is 5.97 Å². The second-order valence-corrected chi connectivity index (χ2v) is 16.4. The Bertz CT molecular complexity index is 1480. The lowest BCUT2D eigenvalue weighted by Crippen LogP contribution is -2.64. The second kappa shape index (κ2) is 10.8. The number of esters is 1. The van der Waals surface area contributed by atoms with E-state index in [-0.39, 0.29) is 41.2 Å². The molecule has 1 N–H and O–H groups in total. The van der Waals surface area contributed by atoms with E-state index in [9.17, 15) is 14.7 Å². The number of hydrogen-bond donors (Lipinski definition) is 1. The van der Waals surface area contributed by atoms with Gasteiger partial charge in [0.15, 0.2) is 5.78 Å². The van der Waals surface area contributed by atoms with Crippen molar-refractivity contribution < 1.29 is 24.2 Å².